The van der Waals surface area contributed by atoms with Gasteiger partial charge in [0.1, 0.15) is 0 Å². The zero-order valence-electron chi connectivity index (χ0n) is 11.3. The van der Waals surface area contributed by atoms with Crippen LogP contribution in [0.3, 0.4) is 0 Å². The lowest BCUT2D eigenvalue weighted by atomic mass is 10.4. The van der Waals surface area contributed by atoms with Crippen LogP contribution in [0.1, 0.15) is 12.8 Å². The van der Waals surface area contributed by atoms with Crippen molar-refractivity contribution in [1.29, 1.82) is 0 Å². The Balaban J connectivity index is 3.43. The third-order valence-corrected chi connectivity index (χ3v) is 5.99. The van der Waals surface area contributed by atoms with E-state index in [2.05, 4.69) is 5.32 Å². The quantitative estimate of drug-likeness (QED) is 0.333. The molecule has 0 atom stereocenters. The number of rotatable bonds is 12. The molecule has 0 aromatic carbocycles. The van der Waals surface area contributed by atoms with Gasteiger partial charge < -0.3 is 22.8 Å². The molecule has 0 spiro atoms. The summed E-state index contributed by atoms with van der Waals surface area (Å²) in [6, 6.07) is 0.844. The highest BCUT2D eigenvalue weighted by Gasteiger charge is 2.36. The summed E-state index contributed by atoms with van der Waals surface area (Å²) >= 11 is 1.49. The Labute approximate surface area is 110 Å². The predicted molar refractivity (Wildman–Crippen MR) is 73.2 cm³/mol. The van der Waals surface area contributed by atoms with Gasteiger partial charge in [-0.05, 0) is 38.0 Å². The molecule has 0 bridgehead atoms. The summed E-state index contributed by atoms with van der Waals surface area (Å²) in [6.45, 7) is 1.97. The van der Waals surface area contributed by atoms with E-state index in [0.717, 1.165) is 37.7 Å². The monoisotopic (exact) mass is 283 g/mol. The standard InChI is InChI=1S/C10H25NO4SSi/c1-12-16-9-5-7-11-8-6-10-17(13-2,14-3)15-4/h11H,5-10H2,1-4H3. The van der Waals surface area contributed by atoms with Gasteiger partial charge in [0.2, 0.25) is 0 Å². The van der Waals surface area contributed by atoms with E-state index in [1.165, 1.54) is 12.0 Å². The molecule has 0 aliphatic heterocycles. The topological polar surface area (TPSA) is 49.0 Å². The normalized spacial score (nSPS) is 12.0. The van der Waals surface area contributed by atoms with Gasteiger partial charge in [-0.3, -0.25) is 0 Å². The Morgan fingerprint density at radius 1 is 0.941 bits per heavy atom. The van der Waals surface area contributed by atoms with Crippen LogP contribution in [0.25, 0.3) is 0 Å². The Bertz CT molecular complexity index is 164. The molecule has 0 aromatic heterocycles. The molecule has 1 N–H and O–H groups in total. The van der Waals surface area contributed by atoms with Crippen molar-refractivity contribution < 1.29 is 17.5 Å². The van der Waals surface area contributed by atoms with Gasteiger partial charge in [-0.25, -0.2) is 0 Å². The van der Waals surface area contributed by atoms with Crippen molar-refractivity contribution in [3.63, 3.8) is 0 Å². The fourth-order valence-electron chi connectivity index (χ4n) is 1.45. The lowest BCUT2D eigenvalue weighted by molar-refractivity contribution is 0.123. The summed E-state index contributed by atoms with van der Waals surface area (Å²) < 4.78 is 20.9. The Kier molecular flexibility index (Phi) is 11.7. The molecular formula is C10H25NO4SSi. The Morgan fingerprint density at radius 3 is 2.06 bits per heavy atom. The van der Waals surface area contributed by atoms with Gasteiger partial charge in [-0.2, -0.15) is 0 Å². The maximum atomic E-state index is 5.34. The average Bonchev–Trinajstić information content (AvgIpc) is 2.38. The summed E-state index contributed by atoms with van der Waals surface area (Å²) in [5.41, 5.74) is 0. The second kappa shape index (κ2) is 11.5. The molecule has 0 saturated heterocycles. The SMILES string of the molecule is COSCCCNCCC[Si](OC)(OC)OC. The van der Waals surface area contributed by atoms with Crippen LogP contribution in [0, 0.1) is 0 Å². The van der Waals surface area contributed by atoms with Crippen LogP contribution in [0.5, 0.6) is 0 Å². The van der Waals surface area contributed by atoms with Crippen LogP contribution >= 0.6 is 12.0 Å². The van der Waals surface area contributed by atoms with Crippen molar-refractivity contribution in [3.05, 3.63) is 0 Å². The summed E-state index contributed by atoms with van der Waals surface area (Å²) in [6.07, 6.45) is 2.11. The van der Waals surface area contributed by atoms with E-state index < -0.39 is 8.80 Å². The van der Waals surface area contributed by atoms with E-state index in [0.29, 0.717) is 0 Å². The molecule has 0 saturated carbocycles. The van der Waals surface area contributed by atoms with E-state index in [9.17, 15) is 0 Å². The van der Waals surface area contributed by atoms with E-state index in [4.69, 9.17) is 17.5 Å². The summed E-state index contributed by atoms with van der Waals surface area (Å²) in [4.78, 5) is 0. The largest absolute Gasteiger partial charge is 0.500 e. The lowest BCUT2D eigenvalue weighted by Gasteiger charge is -2.24. The third kappa shape index (κ3) is 8.14. The molecule has 17 heavy (non-hydrogen) atoms. The van der Waals surface area contributed by atoms with Crippen LogP contribution in [0.4, 0.5) is 0 Å². The minimum atomic E-state index is -2.36. The van der Waals surface area contributed by atoms with E-state index in [1.54, 1.807) is 28.4 Å². The summed E-state index contributed by atoms with van der Waals surface area (Å²) in [5.74, 6) is 1.02. The van der Waals surface area contributed by atoms with Crippen molar-refractivity contribution in [3.8, 4) is 0 Å². The first-order valence-electron chi connectivity index (χ1n) is 5.76. The second-order valence-corrected chi connectivity index (χ2v) is 7.56. The summed E-state index contributed by atoms with van der Waals surface area (Å²) in [5, 5.41) is 3.38. The van der Waals surface area contributed by atoms with Gasteiger partial charge in [0.15, 0.2) is 0 Å². The number of nitrogens with one attached hydrogen (secondary N) is 1. The molecule has 0 aromatic rings. The zero-order chi connectivity index (χ0) is 13.0. The minimum Gasteiger partial charge on any atom is -0.377 e. The molecular weight excluding hydrogens is 258 g/mol. The van der Waals surface area contributed by atoms with Crippen LogP contribution in [-0.2, 0) is 17.5 Å². The van der Waals surface area contributed by atoms with Gasteiger partial charge >= 0.3 is 8.80 Å². The molecule has 0 aliphatic rings. The van der Waals surface area contributed by atoms with Crippen molar-refractivity contribution >= 4 is 20.8 Å². The third-order valence-electron chi connectivity index (χ3n) is 2.47. The first kappa shape index (κ1) is 17.4. The highest BCUT2D eigenvalue weighted by Crippen LogP contribution is 2.14. The van der Waals surface area contributed by atoms with Gasteiger partial charge in [0, 0.05) is 33.1 Å². The van der Waals surface area contributed by atoms with Crippen LogP contribution in [-0.4, -0.2) is 56.1 Å². The molecule has 0 heterocycles. The lowest BCUT2D eigenvalue weighted by Crippen LogP contribution is -2.43. The second-order valence-electron chi connectivity index (χ2n) is 3.49. The first-order valence-corrected chi connectivity index (χ1v) is 8.60. The van der Waals surface area contributed by atoms with Gasteiger partial charge in [0.05, 0.1) is 7.11 Å². The van der Waals surface area contributed by atoms with Crippen molar-refractivity contribution in [2.75, 3.05) is 47.3 Å². The van der Waals surface area contributed by atoms with Crippen LogP contribution < -0.4 is 5.32 Å². The number of hydrogen-bond donors (Lipinski definition) is 1. The molecule has 0 radical (unpaired) electrons. The van der Waals surface area contributed by atoms with Gasteiger partial charge in [0.25, 0.3) is 0 Å². The summed E-state index contributed by atoms with van der Waals surface area (Å²) in [7, 11) is 4.28. The molecule has 0 aliphatic carbocycles. The van der Waals surface area contributed by atoms with Crippen molar-refractivity contribution in [1.82, 2.24) is 5.32 Å². The maximum Gasteiger partial charge on any atom is 0.500 e. The first-order chi connectivity index (χ1) is 8.24. The van der Waals surface area contributed by atoms with Crippen molar-refractivity contribution in [2.45, 2.75) is 18.9 Å². The number of hydrogen-bond acceptors (Lipinski definition) is 6. The molecule has 7 heteroatoms. The average molecular weight is 283 g/mol. The molecule has 0 amide bonds. The Hall–Kier alpha value is 0.367. The van der Waals surface area contributed by atoms with Crippen LogP contribution in [0.15, 0.2) is 0 Å². The fraction of sp³-hybridized carbons (Fsp3) is 1.00. The van der Waals surface area contributed by atoms with Gasteiger partial charge in [-0.15, -0.1) is 0 Å². The zero-order valence-corrected chi connectivity index (χ0v) is 13.1. The molecule has 0 rings (SSSR count). The maximum absolute atomic E-state index is 5.34. The predicted octanol–water partition coefficient (Wildman–Crippen LogP) is 1.53. The molecule has 0 unspecified atom stereocenters. The fourth-order valence-corrected chi connectivity index (χ4v) is 3.60. The van der Waals surface area contributed by atoms with Gasteiger partial charge in [-0.1, -0.05) is 0 Å². The molecule has 0 fully saturated rings. The Morgan fingerprint density at radius 2 is 1.53 bits per heavy atom. The van der Waals surface area contributed by atoms with E-state index >= 15 is 0 Å². The van der Waals surface area contributed by atoms with E-state index in [1.807, 2.05) is 0 Å². The van der Waals surface area contributed by atoms with Crippen LogP contribution in [0.2, 0.25) is 6.04 Å². The smallest absolute Gasteiger partial charge is 0.377 e. The van der Waals surface area contributed by atoms with Crippen molar-refractivity contribution in [2.24, 2.45) is 0 Å². The highest BCUT2D eigenvalue weighted by molar-refractivity contribution is 7.94. The molecule has 104 valence electrons. The van der Waals surface area contributed by atoms with E-state index in [-0.39, 0.29) is 0 Å². The highest BCUT2D eigenvalue weighted by atomic mass is 32.2. The minimum absolute atomic E-state index is 0.844. The molecule has 5 nitrogen and oxygen atoms in total.